The summed E-state index contributed by atoms with van der Waals surface area (Å²) in [5, 5.41) is 13.1. The van der Waals surface area contributed by atoms with Gasteiger partial charge in [-0.3, -0.25) is 4.79 Å². The highest BCUT2D eigenvalue weighted by Gasteiger charge is 2.28. The second-order valence-corrected chi connectivity index (χ2v) is 5.30. The zero-order valence-corrected chi connectivity index (χ0v) is 11.9. The molecule has 116 valence electrons. The van der Waals surface area contributed by atoms with Gasteiger partial charge in [0, 0.05) is 30.9 Å². The van der Waals surface area contributed by atoms with E-state index >= 15 is 0 Å². The molecule has 2 amide bonds. The first-order valence-electron chi connectivity index (χ1n) is 7.07. The van der Waals surface area contributed by atoms with Crippen molar-refractivity contribution >= 4 is 28.7 Å². The van der Waals surface area contributed by atoms with Gasteiger partial charge in [-0.05, 0) is 18.9 Å². The summed E-state index contributed by atoms with van der Waals surface area (Å²) in [6, 6.07) is 1.70. The lowest BCUT2D eigenvalue weighted by atomic mass is 10.1. The molecule has 2 aromatic heterocycles. The predicted molar refractivity (Wildman–Crippen MR) is 80.9 cm³/mol. The fraction of sp³-hybridized carbons (Fsp3) is 0.357. The van der Waals surface area contributed by atoms with Crippen LogP contribution in [0.15, 0.2) is 18.5 Å². The van der Waals surface area contributed by atoms with Crippen LogP contribution in [0, 0.1) is 0 Å². The van der Waals surface area contributed by atoms with Gasteiger partial charge in [0.15, 0.2) is 0 Å². The van der Waals surface area contributed by atoms with Crippen molar-refractivity contribution < 1.29 is 14.7 Å². The summed E-state index contributed by atoms with van der Waals surface area (Å²) in [6.45, 7) is 0.969. The average Bonchev–Trinajstić information content (AvgIpc) is 3.12. The summed E-state index contributed by atoms with van der Waals surface area (Å²) in [7, 11) is 0. The standard InChI is InChI=1S/C14H17N5O3/c15-12(20)10-7-18-13-9(3-4-16-13)11(10)17-6-8-2-1-5-19(8)14(21)22/h3-4,7-8H,1-2,5-6H2,(H2,15,20)(H,21,22)(H2,16,17,18)/t8-/m1/s1. The number of nitrogens with two attached hydrogens (primary N) is 1. The molecule has 1 saturated heterocycles. The van der Waals surface area contributed by atoms with Gasteiger partial charge >= 0.3 is 6.09 Å². The number of carboxylic acid groups (broad SMARTS) is 1. The van der Waals surface area contributed by atoms with Crippen LogP contribution in [0.1, 0.15) is 23.2 Å². The van der Waals surface area contributed by atoms with E-state index in [1.165, 1.54) is 11.1 Å². The number of carbonyl (C=O) groups is 2. The van der Waals surface area contributed by atoms with Gasteiger partial charge in [0.2, 0.25) is 0 Å². The van der Waals surface area contributed by atoms with Gasteiger partial charge in [0.1, 0.15) is 5.65 Å². The fourth-order valence-electron chi connectivity index (χ4n) is 2.90. The third-order valence-electron chi connectivity index (χ3n) is 3.99. The predicted octanol–water partition coefficient (Wildman–Crippen LogP) is 1.22. The summed E-state index contributed by atoms with van der Waals surface area (Å²) in [4.78, 5) is 31.3. The van der Waals surface area contributed by atoms with Crippen LogP contribution < -0.4 is 11.1 Å². The largest absolute Gasteiger partial charge is 0.465 e. The molecule has 0 bridgehead atoms. The van der Waals surface area contributed by atoms with Crippen LogP contribution in [0.5, 0.6) is 0 Å². The Hall–Kier alpha value is -2.77. The highest BCUT2D eigenvalue weighted by atomic mass is 16.4. The number of rotatable bonds is 4. The number of nitrogens with one attached hydrogen (secondary N) is 2. The monoisotopic (exact) mass is 303 g/mol. The molecule has 3 heterocycles. The quantitative estimate of drug-likeness (QED) is 0.676. The lowest BCUT2D eigenvalue weighted by Crippen LogP contribution is -2.38. The third-order valence-corrected chi connectivity index (χ3v) is 3.99. The lowest BCUT2D eigenvalue weighted by Gasteiger charge is -2.23. The van der Waals surface area contributed by atoms with E-state index in [1.54, 1.807) is 12.3 Å². The number of aromatic amines is 1. The average molecular weight is 303 g/mol. The van der Waals surface area contributed by atoms with Crippen molar-refractivity contribution in [3.63, 3.8) is 0 Å². The van der Waals surface area contributed by atoms with Crippen molar-refractivity contribution in [2.45, 2.75) is 18.9 Å². The van der Waals surface area contributed by atoms with Crippen LogP contribution in [0.2, 0.25) is 0 Å². The van der Waals surface area contributed by atoms with Crippen molar-refractivity contribution in [2.24, 2.45) is 5.73 Å². The zero-order valence-electron chi connectivity index (χ0n) is 11.9. The number of likely N-dealkylation sites (tertiary alicyclic amines) is 1. The molecular weight excluding hydrogens is 286 g/mol. The van der Waals surface area contributed by atoms with Gasteiger partial charge in [-0.2, -0.15) is 0 Å². The number of pyridine rings is 1. The van der Waals surface area contributed by atoms with E-state index in [2.05, 4.69) is 15.3 Å². The van der Waals surface area contributed by atoms with Crippen molar-refractivity contribution in [1.29, 1.82) is 0 Å². The maximum absolute atomic E-state index is 11.6. The summed E-state index contributed by atoms with van der Waals surface area (Å²) < 4.78 is 0. The Balaban J connectivity index is 1.86. The van der Waals surface area contributed by atoms with Crippen LogP contribution in [0.25, 0.3) is 11.0 Å². The molecule has 0 aromatic carbocycles. The molecule has 0 unspecified atom stereocenters. The van der Waals surface area contributed by atoms with Crippen molar-refractivity contribution in [3.05, 3.63) is 24.0 Å². The number of aromatic nitrogens is 2. The number of primary amides is 1. The Kier molecular flexibility index (Phi) is 3.58. The molecule has 5 N–H and O–H groups in total. The van der Waals surface area contributed by atoms with Gasteiger partial charge in [0.25, 0.3) is 5.91 Å². The number of nitrogens with zero attached hydrogens (tertiary/aromatic N) is 2. The molecule has 22 heavy (non-hydrogen) atoms. The highest BCUT2D eigenvalue weighted by molar-refractivity contribution is 6.05. The van der Waals surface area contributed by atoms with Crippen molar-refractivity contribution in [2.75, 3.05) is 18.4 Å². The first-order chi connectivity index (χ1) is 10.6. The summed E-state index contributed by atoms with van der Waals surface area (Å²) in [6.07, 6.45) is 3.88. The van der Waals surface area contributed by atoms with E-state index in [-0.39, 0.29) is 6.04 Å². The van der Waals surface area contributed by atoms with Gasteiger partial charge in [-0.25, -0.2) is 9.78 Å². The number of H-pyrrole nitrogens is 1. The van der Waals surface area contributed by atoms with Crippen LogP contribution in [0.4, 0.5) is 10.5 Å². The molecular formula is C14H17N5O3. The lowest BCUT2D eigenvalue weighted by molar-refractivity contribution is 0.100. The SMILES string of the molecule is NC(=O)c1cnc2[nH]ccc2c1NC[C@H]1CCCN1C(=O)O. The van der Waals surface area contributed by atoms with E-state index in [9.17, 15) is 14.7 Å². The number of anilines is 1. The number of amides is 2. The molecule has 1 aliphatic rings. The van der Waals surface area contributed by atoms with Gasteiger partial charge in [-0.1, -0.05) is 0 Å². The molecule has 1 atom stereocenters. The van der Waals surface area contributed by atoms with Crippen LogP contribution in [-0.2, 0) is 0 Å². The van der Waals surface area contributed by atoms with E-state index in [1.807, 2.05) is 0 Å². The van der Waals surface area contributed by atoms with Crippen molar-refractivity contribution in [1.82, 2.24) is 14.9 Å². The number of fused-ring (bicyclic) bond motifs is 1. The Morgan fingerprint density at radius 2 is 2.36 bits per heavy atom. The molecule has 0 saturated carbocycles. The number of carbonyl (C=O) groups excluding carboxylic acids is 1. The van der Waals surface area contributed by atoms with Crippen LogP contribution in [0.3, 0.4) is 0 Å². The molecule has 8 nitrogen and oxygen atoms in total. The Morgan fingerprint density at radius 1 is 1.55 bits per heavy atom. The topological polar surface area (TPSA) is 124 Å². The Morgan fingerprint density at radius 3 is 3.09 bits per heavy atom. The van der Waals surface area contributed by atoms with E-state index in [0.717, 1.165) is 18.2 Å². The zero-order chi connectivity index (χ0) is 15.7. The van der Waals surface area contributed by atoms with Gasteiger partial charge < -0.3 is 26.0 Å². The molecule has 0 spiro atoms. The highest BCUT2D eigenvalue weighted by Crippen LogP contribution is 2.26. The Labute approximate surface area is 126 Å². The molecule has 0 aliphatic carbocycles. The number of hydrogen-bond donors (Lipinski definition) is 4. The van der Waals surface area contributed by atoms with Gasteiger partial charge in [0.05, 0.1) is 17.3 Å². The molecule has 0 radical (unpaired) electrons. The molecule has 1 aliphatic heterocycles. The first kappa shape index (κ1) is 14.2. The maximum atomic E-state index is 11.6. The van der Waals surface area contributed by atoms with E-state index < -0.39 is 12.0 Å². The second kappa shape index (κ2) is 5.55. The molecule has 2 aromatic rings. The molecule has 8 heteroatoms. The number of hydrogen-bond acceptors (Lipinski definition) is 4. The second-order valence-electron chi connectivity index (χ2n) is 5.30. The van der Waals surface area contributed by atoms with Crippen LogP contribution in [-0.4, -0.2) is 51.1 Å². The van der Waals surface area contributed by atoms with E-state index in [4.69, 9.17) is 5.73 Å². The molecule has 3 rings (SSSR count). The fourth-order valence-corrected chi connectivity index (χ4v) is 2.90. The maximum Gasteiger partial charge on any atom is 0.407 e. The third kappa shape index (κ3) is 2.43. The Bertz CT molecular complexity index is 726. The minimum absolute atomic E-state index is 0.111. The first-order valence-corrected chi connectivity index (χ1v) is 7.07. The van der Waals surface area contributed by atoms with Crippen molar-refractivity contribution in [3.8, 4) is 0 Å². The summed E-state index contributed by atoms with van der Waals surface area (Å²) >= 11 is 0. The molecule has 1 fully saturated rings. The minimum atomic E-state index is -0.916. The summed E-state index contributed by atoms with van der Waals surface area (Å²) in [5.41, 5.74) is 6.94. The summed E-state index contributed by atoms with van der Waals surface area (Å²) in [5.74, 6) is -0.570. The normalized spacial score (nSPS) is 17.8. The van der Waals surface area contributed by atoms with Crippen LogP contribution >= 0.6 is 0 Å². The van der Waals surface area contributed by atoms with E-state index in [0.29, 0.717) is 30.0 Å². The van der Waals surface area contributed by atoms with Gasteiger partial charge in [-0.15, -0.1) is 0 Å². The smallest absolute Gasteiger partial charge is 0.407 e. The minimum Gasteiger partial charge on any atom is -0.465 e.